The molecule has 0 radical (unpaired) electrons. The van der Waals surface area contributed by atoms with Crippen LogP contribution in [0.4, 0.5) is 0 Å². The summed E-state index contributed by atoms with van der Waals surface area (Å²) in [4.78, 5) is 1.94. The topological polar surface area (TPSA) is 61.8 Å². The van der Waals surface area contributed by atoms with Crippen LogP contribution in [0.3, 0.4) is 0 Å². The third kappa shape index (κ3) is 2.79. The lowest BCUT2D eigenvalue weighted by atomic mass is 9.85. The van der Waals surface area contributed by atoms with Gasteiger partial charge in [-0.2, -0.15) is 0 Å². The minimum atomic E-state index is 0.248. The number of nitrogens with two attached hydrogens (primary N) is 1. The van der Waals surface area contributed by atoms with Crippen molar-refractivity contribution in [3.05, 3.63) is 0 Å². The summed E-state index contributed by atoms with van der Waals surface area (Å²) < 4.78 is 0. The van der Waals surface area contributed by atoms with E-state index in [0.29, 0.717) is 5.41 Å². The molecule has 76 valence electrons. The zero-order valence-corrected chi connectivity index (χ0v) is 8.45. The Hall–Kier alpha value is -0.930. The Morgan fingerprint density at radius 2 is 2.08 bits per heavy atom. The van der Waals surface area contributed by atoms with E-state index in [2.05, 4.69) is 19.0 Å². The van der Waals surface area contributed by atoms with Crippen LogP contribution >= 0.6 is 0 Å². The maximum Gasteiger partial charge on any atom is 0.233 e. The highest BCUT2D eigenvalue weighted by atomic mass is 16.4. The summed E-state index contributed by atoms with van der Waals surface area (Å²) in [6, 6.07) is 0. The summed E-state index contributed by atoms with van der Waals surface area (Å²) in [5.74, 6) is 0.248. The van der Waals surface area contributed by atoms with Crippen LogP contribution in [-0.4, -0.2) is 29.2 Å². The second-order valence-corrected chi connectivity index (χ2v) is 4.46. The van der Waals surface area contributed by atoms with Crippen LogP contribution in [0.15, 0.2) is 5.16 Å². The second-order valence-electron chi connectivity index (χ2n) is 4.46. The van der Waals surface area contributed by atoms with Crippen molar-refractivity contribution >= 4 is 5.96 Å². The van der Waals surface area contributed by atoms with Gasteiger partial charge in [0.05, 0.1) is 0 Å². The Kier molecular flexibility index (Phi) is 3.01. The van der Waals surface area contributed by atoms with Gasteiger partial charge in [0.1, 0.15) is 0 Å². The molecule has 0 aromatic carbocycles. The van der Waals surface area contributed by atoms with E-state index < -0.39 is 0 Å². The van der Waals surface area contributed by atoms with E-state index in [-0.39, 0.29) is 5.96 Å². The van der Waals surface area contributed by atoms with Crippen LogP contribution in [0.2, 0.25) is 0 Å². The van der Waals surface area contributed by atoms with Crippen molar-refractivity contribution in [1.82, 2.24) is 4.90 Å². The second kappa shape index (κ2) is 3.85. The number of rotatable bonds is 0. The molecule has 1 aliphatic rings. The fourth-order valence-electron chi connectivity index (χ4n) is 1.72. The van der Waals surface area contributed by atoms with Gasteiger partial charge in [0.25, 0.3) is 0 Å². The van der Waals surface area contributed by atoms with Crippen molar-refractivity contribution in [3.63, 3.8) is 0 Å². The molecule has 0 aromatic heterocycles. The Bertz CT molecular complexity index is 201. The summed E-state index contributed by atoms with van der Waals surface area (Å²) >= 11 is 0. The molecule has 4 heteroatoms. The molecule has 0 bridgehead atoms. The molecule has 0 saturated carbocycles. The largest absolute Gasteiger partial charge is 0.408 e. The summed E-state index contributed by atoms with van der Waals surface area (Å²) in [6.45, 7) is 6.33. The van der Waals surface area contributed by atoms with E-state index in [1.54, 1.807) is 0 Å². The number of guanidine groups is 1. The van der Waals surface area contributed by atoms with E-state index >= 15 is 0 Å². The van der Waals surface area contributed by atoms with Crippen LogP contribution < -0.4 is 5.73 Å². The number of hydrogen-bond donors (Lipinski definition) is 2. The smallest absolute Gasteiger partial charge is 0.233 e. The van der Waals surface area contributed by atoms with Gasteiger partial charge < -0.3 is 15.8 Å². The predicted octanol–water partition coefficient (Wildman–Crippen LogP) is 1.20. The fraction of sp³-hybridized carbons (Fsp3) is 0.889. The van der Waals surface area contributed by atoms with E-state index in [1.165, 1.54) is 6.42 Å². The van der Waals surface area contributed by atoms with Crippen LogP contribution in [0.25, 0.3) is 0 Å². The summed E-state index contributed by atoms with van der Waals surface area (Å²) in [5, 5.41) is 11.6. The fourth-order valence-corrected chi connectivity index (χ4v) is 1.72. The van der Waals surface area contributed by atoms with Crippen molar-refractivity contribution in [3.8, 4) is 0 Å². The van der Waals surface area contributed by atoms with Crippen LogP contribution in [-0.2, 0) is 0 Å². The normalized spacial score (nSPS) is 24.2. The van der Waals surface area contributed by atoms with Crippen molar-refractivity contribution in [2.45, 2.75) is 33.1 Å². The monoisotopic (exact) mass is 185 g/mol. The summed E-state index contributed by atoms with van der Waals surface area (Å²) in [7, 11) is 0. The van der Waals surface area contributed by atoms with Gasteiger partial charge in [-0.25, -0.2) is 0 Å². The summed E-state index contributed by atoms with van der Waals surface area (Å²) in [5.41, 5.74) is 5.92. The zero-order chi connectivity index (χ0) is 9.90. The zero-order valence-electron chi connectivity index (χ0n) is 8.45. The van der Waals surface area contributed by atoms with Crippen molar-refractivity contribution in [1.29, 1.82) is 0 Å². The predicted molar refractivity (Wildman–Crippen MR) is 52.6 cm³/mol. The molecule has 1 rings (SSSR count). The minimum absolute atomic E-state index is 0.248. The molecule has 1 aliphatic heterocycles. The molecule has 1 fully saturated rings. The molecule has 1 heterocycles. The first kappa shape index (κ1) is 10.2. The third-order valence-corrected chi connectivity index (χ3v) is 2.77. The van der Waals surface area contributed by atoms with Crippen molar-refractivity contribution in [2.75, 3.05) is 13.1 Å². The van der Waals surface area contributed by atoms with Gasteiger partial charge >= 0.3 is 0 Å². The molecule has 1 saturated heterocycles. The average molecular weight is 185 g/mol. The standard InChI is InChI=1S/C9H19N3O/c1-9(2)4-3-6-12(7-5-9)8(10)11-13/h13H,3-7H2,1-2H3,(H2,10,11). The Labute approximate surface area is 79.4 Å². The highest BCUT2D eigenvalue weighted by molar-refractivity contribution is 5.77. The quantitative estimate of drug-likeness (QED) is 0.258. The van der Waals surface area contributed by atoms with Crippen molar-refractivity contribution in [2.24, 2.45) is 16.3 Å². The third-order valence-electron chi connectivity index (χ3n) is 2.77. The first-order valence-electron chi connectivity index (χ1n) is 4.78. The molecular weight excluding hydrogens is 166 g/mol. The number of nitrogens with zero attached hydrogens (tertiary/aromatic N) is 2. The van der Waals surface area contributed by atoms with Crippen LogP contribution in [0.1, 0.15) is 33.1 Å². The molecule has 0 aromatic rings. The Balaban J connectivity index is 2.55. The number of hydrogen-bond acceptors (Lipinski definition) is 2. The van der Waals surface area contributed by atoms with Crippen LogP contribution in [0.5, 0.6) is 0 Å². The van der Waals surface area contributed by atoms with Gasteiger partial charge in [-0.05, 0) is 24.7 Å². The maximum absolute atomic E-state index is 8.53. The molecule has 0 unspecified atom stereocenters. The lowest BCUT2D eigenvalue weighted by Gasteiger charge is -2.23. The van der Waals surface area contributed by atoms with Gasteiger partial charge in [-0.15, -0.1) is 0 Å². The maximum atomic E-state index is 8.53. The Morgan fingerprint density at radius 3 is 2.69 bits per heavy atom. The Morgan fingerprint density at radius 1 is 1.38 bits per heavy atom. The van der Waals surface area contributed by atoms with Crippen LogP contribution in [0, 0.1) is 5.41 Å². The van der Waals surface area contributed by atoms with E-state index in [9.17, 15) is 0 Å². The first-order chi connectivity index (χ1) is 6.05. The number of likely N-dealkylation sites (tertiary alicyclic amines) is 1. The molecule has 0 amide bonds. The average Bonchev–Trinajstić information content (AvgIpc) is 2.25. The molecule has 0 atom stereocenters. The van der Waals surface area contributed by atoms with E-state index in [4.69, 9.17) is 10.9 Å². The molecule has 0 spiro atoms. The summed E-state index contributed by atoms with van der Waals surface area (Å²) in [6.07, 6.45) is 3.43. The molecule has 3 N–H and O–H groups in total. The van der Waals surface area contributed by atoms with E-state index in [1.807, 2.05) is 4.90 Å². The number of oxime groups is 1. The van der Waals surface area contributed by atoms with Gasteiger partial charge in [0.2, 0.25) is 5.96 Å². The first-order valence-corrected chi connectivity index (χ1v) is 4.78. The molecule has 4 nitrogen and oxygen atoms in total. The highest BCUT2D eigenvalue weighted by Gasteiger charge is 2.23. The van der Waals surface area contributed by atoms with Gasteiger partial charge in [0, 0.05) is 13.1 Å². The highest BCUT2D eigenvalue weighted by Crippen LogP contribution is 2.29. The molecule has 13 heavy (non-hydrogen) atoms. The minimum Gasteiger partial charge on any atom is -0.408 e. The lowest BCUT2D eigenvalue weighted by Crippen LogP contribution is -2.38. The van der Waals surface area contributed by atoms with Gasteiger partial charge in [-0.1, -0.05) is 19.0 Å². The molecule has 0 aliphatic carbocycles. The van der Waals surface area contributed by atoms with Crippen molar-refractivity contribution < 1.29 is 5.21 Å². The SMILES string of the molecule is CC1(C)CCCN(C(N)=NO)CC1. The van der Waals surface area contributed by atoms with Gasteiger partial charge in [-0.3, -0.25) is 0 Å². The molecular formula is C9H19N3O. The van der Waals surface area contributed by atoms with Gasteiger partial charge in [0.15, 0.2) is 0 Å². The lowest BCUT2D eigenvalue weighted by molar-refractivity contribution is 0.290. The van der Waals surface area contributed by atoms with E-state index in [0.717, 1.165) is 25.9 Å².